The average molecular weight is 427 g/mol. The quantitative estimate of drug-likeness (QED) is 0.655. The highest BCUT2D eigenvalue weighted by atomic mass is 32.2. The second-order valence-corrected chi connectivity index (χ2v) is 8.28. The van der Waals surface area contributed by atoms with Crippen molar-refractivity contribution >= 4 is 40.2 Å². The number of anilines is 2. The molecule has 0 aliphatic carbocycles. The molecule has 6 nitrogen and oxygen atoms in total. The Labute approximate surface area is 180 Å². The molecule has 30 heavy (non-hydrogen) atoms. The molecule has 1 fully saturated rings. The van der Waals surface area contributed by atoms with Crippen LogP contribution in [-0.2, 0) is 16.0 Å². The van der Waals surface area contributed by atoms with E-state index in [0.29, 0.717) is 11.4 Å². The van der Waals surface area contributed by atoms with Crippen LogP contribution in [0, 0.1) is 0 Å². The Balaban J connectivity index is 1.70. The summed E-state index contributed by atoms with van der Waals surface area (Å²) in [4.78, 5) is 40.8. The van der Waals surface area contributed by atoms with Crippen LogP contribution in [0.5, 0.6) is 0 Å². The van der Waals surface area contributed by atoms with Crippen LogP contribution in [0.1, 0.15) is 31.7 Å². The predicted molar refractivity (Wildman–Crippen MR) is 120 cm³/mol. The minimum atomic E-state index is -0.769. The van der Waals surface area contributed by atoms with Gasteiger partial charge in [-0.25, -0.2) is 4.90 Å². The molecule has 158 valence electrons. The number of carbonyl (C=O) groups is 3. The van der Waals surface area contributed by atoms with E-state index in [-0.39, 0.29) is 36.6 Å². The molecule has 1 atom stereocenters. The van der Waals surface area contributed by atoms with Gasteiger partial charge < -0.3 is 10.0 Å². The summed E-state index contributed by atoms with van der Waals surface area (Å²) in [7, 11) is 0. The molecule has 0 aromatic heterocycles. The molecule has 0 radical (unpaired) electrons. The number of imide groups is 1. The lowest BCUT2D eigenvalue weighted by molar-refractivity contribution is -0.122. The number of para-hydroxylation sites is 1. The summed E-state index contributed by atoms with van der Waals surface area (Å²) < 4.78 is 0. The Morgan fingerprint density at radius 2 is 1.80 bits per heavy atom. The summed E-state index contributed by atoms with van der Waals surface area (Å²) >= 11 is 0.881. The molecule has 1 unspecified atom stereocenters. The number of aliphatic hydroxyl groups is 1. The molecule has 7 heteroatoms. The van der Waals surface area contributed by atoms with Gasteiger partial charge in [0, 0.05) is 18.7 Å². The van der Waals surface area contributed by atoms with E-state index in [0.717, 1.165) is 35.9 Å². The third-order valence-electron chi connectivity index (χ3n) is 4.99. The van der Waals surface area contributed by atoms with Crippen molar-refractivity contribution in [2.45, 2.75) is 37.9 Å². The second kappa shape index (κ2) is 10.4. The summed E-state index contributed by atoms with van der Waals surface area (Å²) in [5.41, 5.74) is 2.35. The van der Waals surface area contributed by atoms with Crippen molar-refractivity contribution in [2.24, 2.45) is 0 Å². The summed E-state index contributed by atoms with van der Waals surface area (Å²) in [5, 5.41) is 8.20. The zero-order valence-corrected chi connectivity index (χ0v) is 17.8. The van der Waals surface area contributed by atoms with Gasteiger partial charge in [0.2, 0.25) is 11.8 Å². The molecule has 3 rings (SSSR count). The predicted octanol–water partition coefficient (Wildman–Crippen LogP) is 4.01. The molecule has 0 bridgehead atoms. The maximum absolute atomic E-state index is 12.9. The Hall–Kier alpha value is -2.64. The van der Waals surface area contributed by atoms with Crippen molar-refractivity contribution < 1.29 is 19.5 Å². The van der Waals surface area contributed by atoms with E-state index in [1.54, 1.807) is 36.4 Å². The van der Waals surface area contributed by atoms with E-state index in [4.69, 9.17) is 0 Å². The van der Waals surface area contributed by atoms with Crippen molar-refractivity contribution in [1.29, 1.82) is 0 Å². The first-order chi connectivity index (χ1) is 14.5. The van der Waals surface area contributed by atoms with E-state index in [2.05, 4.69) is 6.92 Å². The lowest BCUT2D eigenvalue weighted by atomic mass is 10.1. The van der Waals surface area contributed by atoms with Crippen molar-refractivity contribution in [3.8, 4) is 0 Å². The third-order valence-corrected chi connectivity index (χ3v) is 6.02. The molecule has 2 aromatic carbocycles. The minimum Gasteiger partial charge on any atom is -0.395 e. The van der Waals surface area contributed by atoms with Crippen molar-refractivity contribution in [2.75, 3.05) is 23.0 Å². The first-order valence-corrected chi connectivity index (χ1v) is 11.0. The summed E-state index contributed by atoms with van der Waals surface area (Å²) in [5.74, 6) is -0.678. The largest absolute Gasteiger partial charge is 0.395 e. The Bertz CT molecular complexity index is 886. The van der Waals surface area contributed by atoms with Gasteiger partial charge in [0.1, 0.15) is 5.25 Å². The van der Waals surface area contributed by atoms with Crippen molar-refractivity contribution in [3.63, 3.8) is 0 Å². The molecule has 2 aromatic rings. The maximum atomic E-state index is 12.9. The lowest BCUT2D eigenvalue weighted by Crippen LogP contribution is -2.38. The maximum Gasteiger partial charge on any atom is 0.293 e. The molecule has 1 aliphatic rings. The zero-order valence-electron chi connectivity index (χ0n) is 17.0. The van der Waals surface area contributed by atoms with E-state index in [1.807, 2.05) is 18.2 Å². The van der Waals surface area contributed by atoms with E-state index in [9.17, 15) is 19.5 Å². The lowest BCUT2D eigenvalue weighted by Gasteiger charge is -2.23. The highest BCUT2D eigenvalue weighted by Gasteiger charge is 2.42. The number of rotatable bonds is 9. The number of unbranched alkanes of at least 4 members (excludes halogenated alkanes) is 1. The van der Waals surface area contributed by atoms with Gasteiger partial charge in [0.05, 0.1) is 12.3 Å². The summed E-state index contributed by atoms with van der Waals surface area (Å²) in [6, 6.07) is 16.4. The van der Waals surface area contributed by atoms with Gasteiger partial charge in [-0.2, -0.15) is 0 Å². The first kappa shape index (κ1) is 22.1. The fourth-order valence-electron chi connectivity index (χ4n) is 3.39. The molecule has 1 saturated heterocycles. The summed E-state index contributed by atoms with van der Waals surface area (Å²) in [6.45, 7) is 2.07. The van der Waals surface area contributed by atoms with Crippen LogP contribution in [0.4, 0.5) is 16.2 Å². The number of thioether (sulfide) groups is 1. The van der Waals surface area contributed by atoms with E-state index in [1.165, 1.54) is 10.5 Å². The molecule has 1 aliphatic heterocycles. The standard InChI is InChI=1S/C23H26N2O4S/c1-2-3-7-17-10-12-19(13-11-17)25-22(28)20(30-23(25)29)16-21(27)24(14-15-26)18-8-5-4-6-9-18/h4-6,8-13,20,26H,2-3,7,14-16H2,1H3. The SMILES string of the molecule is CCCCc1ccc(N2C(=O)SC(CC(=O)N(CCO)c3ccccc3)C2=O)cc1. The molecule has 0 saturated carbocycles. The minimum absolute atomic E-state index is 0.102. The topological polar surface area (TPSA) is 77.9 Å². The highest BCUT2D eigenvalue weighted by molar-refractivity contribution is 8.15. The Kier molecular flexibility index (Phi) is 7.65. The Morgan fingerprint density at radius 1 is 1.10 bits per heavy atom. The Morgan fingerprint density at radius 3 is 2.43 bits per heavy atom. The molecule has 1 heterocycles. The fourth-order valence-corrected chi connectivity index (χ4v) is 4.36. The monoisotopic (exact) mass is 426 g/mol. The van der Waals surface area contributed by atoms with Crippen LogP contribution in [0.15, 0.2) is 54.6 Å². The molecular weight excluding hydrogens is 400 g/mol. The number of benzene rings is 2. The van der Waals surface area contributed by atoms with E-state index >= 15 is 0 Å². The van der Waals surface area contributed by atoms with E-state index < -0.39 is 5.25 Å². The highest BCUT2D eigenvalue weighted by Crippen LogP contribution is 2.34. The van der Waals surface area contributed by atoms with Crippen molar-refractivity contribution in [1.82, 2.24) is 0 Å². The van der Waals surface area contributed by atoms with Crippen LogP contribution in [0.3, 0.4) is 0 Å². The number of amides is 3. The second-order valence-electron chi connectivity index (χ2n) is 7.12. The van der Waals surface area contributed by atoms with Gasteiger partial charge in [-0.05, 0) is 54.4 Å². The molecule has 1 N–H and O–H groups in total. The van der Waals surface area contributed by atoms with Gasteiger partial charge >= 0.3 is 0 Å². The smallest absolute Gasteiger partial charge is 0.293 e. The average Bonchev–Trinajstić information content (AvgIpc) is 3.04. The van der Waals surface area contributed by atoms with Crippen LogP contribution in [-0.4, -0.2) is 40.6 Å². The number of hydrogen-bond acceptors (Lipinski definition) is 5. The van der Waals surface area contributed by atoms with Gasteiger partial charge in [0.15, 0.2) is 0 Å². The van der Waals surface area contributed by atoms with Crippen molar-refractivity contribution in [3.05, 3.63) is 60.2 Å². The number of nitrogens with zero attached hydrogens (tertiary/aromatic N) is 2. The zero-order chi connectivity index (χ0) is 21.5. The van der Waals surface area contributed by atoms with Gasteiger partial charge in [0.25, 0.3) is 5.24 Å². The third kappa shape index (κ3) is 5.09. The normalized spacial score (nSPS) is 16.2. The fraction of sp³-hybridized carbons (Fsp3) is 0.348. The van der Waals surface area contributed by atoms with Gasteiger partial charge in [-0.3, -0.25) is 14.4 Å². The molecule has 3 amide bonds. The summed E-state index contributed by atoms with van der Waals surface area (Å²) in [6.07, 6.45) is 3.06. The first-order valence-electron chi connectivity index (χ1n) is 10.1. The molecule has 0 spiro atoms. The van der Waals surface area contributed by atoms with Crippen LogP contribution < -0.4 is 9.80 Å². The van der Waals surface area contributed by atoms with Crippen LogP contribution in [0.2, 0.25) is 0 Å². The van der Waals surface area contributed by atoms with Crippen LogP contribution >= 0.6 is 11.8 Å². The van der Waals surface area contributed by atoms with Crippen LogP contribution in [0.25, 0.3) is 0 Å². The van der Waals surface area contributed by atoms with Gasteiger partial charge in [-0.15, -0.1) is 0 Å². The number of aryl methyl sites for hydroxylation is 1. The molecular formula is C23H26N2O4S. The van der Waals surface area contributed by atoms with Gasteiger partial charge in [-0.1, -0.05) is 43.7 Å². The number of hydrogen-bond donors (Lipinski definition) is 1. The number of aliphatic hydroxyl groups excluding tert-OH is 1. The number of carbonyl (C=O) groups excluding carboxylic acids is 3.